The molecule has 2 aromatic rings. The molecule has 2 N–H and O–H groups in total. The van der Waals surface area contributed by atoms with Crippen molar-refractivity contribution in [1.29, 1.82) is 0 Å². The molecule has 0 bridgehead atoms. The van der Waals surface area contributed by atoms with Crippen LogP contribution in [0.3, 0.4) is 0 Å². The summed E-state index contributed by atoms with van der Waals surface area (Å²) in [5, 5.41) is 6.92. The second-order valence-corrected chi connectivity index (χ2v) is 6.48. The Morgan fingerprint density at radius 2 is 1.77 bits per heavy atom. The van der Waals surface area contributed by atoms with Gasteiger partial charge in [-0.2, -0.15) is 0 Å². The van der Waals surface area contributed by atoms with Crippen LogP contribution in [0, 0.1) is 0 Å². The highest BCUT2D eigenvalue weighted by molar-refractivity contribution is 7.80. The molecule has 0 aromatic heterocycles. The van der Waals surface area contributed by atoms with E-state index in [2.05, 4.69) is 23.6 Å². The largest absolute Gasteiger partial charge is 0.378 e. The van der Waals surface area contributed by atoms with Gasteiger partial charge in [-0.15, -0.1) is 0 Å². The molecular formula is C20H23N3O2S. The number of ether oxygens (including phenoxy) is 1. The summed E-state index contributed by atoms with van der Waals surface area (Å²) in [5.74, 6) is 0.0393. The van der Waals surface area contributed by atoms with Crippen LogP contribution in [-0.2, 0) is 11.2 Å². The standard InChI is InChI=1S/C20H23N3O2S/c1-2-15-5-3-4-6-18(15)22-20(26)21-17-9-7-16(8-10-17)19(24)23-11-13-25-14-12-23/h3-10H,2,11-14H2,1H3,(H2,21,22,26). The van der Waals surface area contributed by atoms with Crippen molar-refractivity contribution in [1.82, 2.24) is 4.90 Å². The monoisotopic (exact) mass is 369 g/mol. The minimum Gasteiger partial charge on any atom is -0.378 e. The predicted octanol–water partition coefficient (Wildman–Crippen LogP) is 3.53. The number of anilines is 2. The lowest BCUT2D eigenvalue weighted by Crippen LogP contribution is -2.40. The number of nitrogens with zero attached hydrogens (tertiary/aromatic N) is 1. The summed E-state index contributed by atoms with van der Waals surface area (Å²) in [6.07, 6.45) is 0.935. The Hall–Kier alpha value is -2.44. The maximum absolute atomic E-state index is 12.5. The highest BCUT2D eigenvalue weighted by Gasteiger charge is 2.18. The molecule has 1 fully saturated rings. The Morgan fingerprint density at radius 1 is 1.08 bits per heavy atom. The van der Waals surface area contributed by atoms with E-state index < -0.39 is 0 Å². The Labute approximate surface area is 159 Å². The van der Waals surface area contributed by atoms with Crippen LogP contribution in [0.1, 0.15) is 22.8 Å². The molecule has 0 saturated carbocycles. The first kappa shape index (κ1) is 18.4. The van der Waals surface area contributed by atoms with E-state index in [-0.39, 0.29) is 5.91 Å². The van der Waals surface area contributed by atoms with Crippen LogP contribution < -0.4 is 10.6 Å². The zero-order valence-electron chi connectivity index (χ0n) is 14.8. The van der Waals surface area contributed by atoms with E-state index in [1.54, 1.807) is 0 Å². The summed E-state index contributed by atoms with van der Waals surface area (Å²) in [4.78, 5) is 14.3. The zero-order chi connectivity index (χ0) is 18.4. The van der Waals surface area contributed by atoms with Crippen LogP contribution in [0.4, 0.5) is 11.4 Å². The van der Waals surface area contributed by atoms with Crippen LogP contribution >= 0.6 is 12.2 Å². The Balaban J connectivity index is 1.60. The van der Waals surface area contributed by atoms with E-state index >= 15 is 0 Å². The molecule has 0 spiro atoms. The third-order valence-corrected chi connectivity index (χ3v) is 4.54. The van der Waals surface area contributed by atoms with E-state index in [0.717, 1.165) is 17.8 Å². The molecule has 1 aliphatic rings. The van der Waals surface area contributed by atoms with Crippen LogP contribution in [-0.4, -0.2) is 42.2 Å². The number of hydrogen-bond donors (Lipinski definition) is 2. The predicted molar refractivity (Wildman–Crippen MR) is 109 cm³/mol. The van der Waals surface area contributed by atoms with Crippen molar-refractivity contribution in [2.45, 2.75) is 13.3 Å². The van der Waals surface area contributed by atoms with Gasteiger partial charge in [-0.3, -0.25) is 4.79 Å². The highest BCUT2D eigenvalue weighted by atomic mass is 32.1. The van der Waals surface area contributed by atoms with Crippen LogP contribution in [0.15, 0.2) is 48.5 Å². The molecule has 136 valence electrons. The van der Waals surface area contributed by atoms with Gasteiger partial charge in [0.1, 0.15) is 0 Å². The van der Waals surface area contributed by atoms with Crippen molar-refractivity contribution in [3.8, 4) is 0 Å². The Morgan fingerprint density at radius 3 is 2.46 bits per heavy atom. The van der Waals surface area contributed by atoms with Gasteiger partial charge >= 0.3 is 0 Å². The van der Waals surface area contributed by atoms with Gasteiger partial charge in [-0.1, -0.05) is 25.1 Å². The van der Waals surface area contributed by atoms with Crippen molar-refractivity contribution in [3.05, 3.63) is 59.7 Å². The maximum atomic E-state index is 12.5. The third-order valence-electron chi connectivity index (χ3n) is 4.33. The number of para-hydroxylation sites is 1. The van der Waals surface area contributed by atoms with Crippen molar-refractivity contribution in [3.63, 3.8) is 0 Å². The Kier molecular flexibility index (Phi) is 6.20. The summed E-state index contributed by atoms with van der Waals surface area (Å²) >= 11 is 5.40. The fourth-order valence-electron chi connectivity index (χ4n) is 2.88. The van der Waals surface area contributed by atoms with Gasteiger partial charge in [-0.25, -0.2) is 0 Å². The van der Waals surface area contributed by atoms with E-state index in [4.69, 9.17) is 17.0 Å². The number of hydrogen-bond acceptors (Lipinski definition) is 3. The topological polar surface area (TPSA) is 53.6 Å². The van der Waals surface area contributed by atoms with Crippen LogP contribution in [0.5, 0.6) is 0 Å². The number of carbonyl (C=O) groups is 1. The van der Waals surface area contributed by atoms with E-state index in [1.165, 1.54) is 5.56 Å². The molecule has 0 atom stereocenters. The van der Waals surface area contributed by atoms with Crippen molar-refractivity contribution >= 4 is 34.6 Å². The molecule has 2 aromatic carbocycles. The fourth-order valence-corrected chi connectivity index (χ4v) is 3.11. The first-order chi connectivity index (χ1) is 12.7. The quantitative estimate of drug-likeness (QED) is 0.808. The summed E-state index contributed by atoms with van der Waals surface area (Å²) in [6, 6.07) is 15.5. The molecule has 1 aliphatic heterocycles. The molecule has 0 unspecified atom stereocenters. The first-order valence-electron chi connectivity index (χ1n) is 8.80. The van der Waals surface area contributed by atoms with Gasteiger partial charge in [-0.05, 0) is 54.5 Å². The van der Waals surface area contributed by atoms with Crippen molar-refractivity contribution < 1.29 is 9.53 Å². The molecule has 1 saturated heterocycles. The van der Waals surface area contributed by atoms with Gasteiger partial charge in [0.2, 0.25) is 0 Å². The van der Waals surface area contributed by atoms with Crippen molar-refractivity contribution in [2.24, 2.45) is 0 Å². The third kappa shape index (κ3) is 4.59. The minimum atomic E-state index is 0.0393. The zero-order valence-corrected chi connectivity index (χ0v) is 15.6. The molecule has 6 heteroatoms. The summed E-state index contributed by atoms with van der Waals surface area (Å²) in [6.45, 7) is 4.60. The van der Waals surface area contributed by atoms with Gasteiger partial charge in [0.15, 0.2) is 5.11 Å². The SMILES string of the molecule is CCc1ccccc1NC(=S)Nc1ccc(C(=O)N2CCOCC2)cc1. The average Bonchev–Trinajstić information content (AvgIpc) is 2.69. The number of amides is 1. The number of rotatable bonds is 4. The maximum Gasteiger partial charge on any atom is 0.254 e. The molecule has 0 radical (unpaired) electrons. The molecule has 5 nitrogen and oxygen atoms in total. The fraction of sp³-hybridized carbons (Fsp3) is 0.300. The number of benzene rings is 2. The van der Waals surface area contributed by atoms with Gasteiger partial charge in [0, 0.05) is 30.0 Å². The normalized spacial score (nSPS) is 14.0. The molecule has 3 rings (SSSR count). The van der Waals surface area contributed by atoms with E-state index in [9.17, 15) is 4.79 Å². The molecule has 1 amide bonds. The van der Waals surface area contributed by atoms with E-state index in [1.807, 2.05) is 47.4 Å². The minimum absolute atomic E-state index is 0.0393. The number of morpholine rings is 1. The summed E-state index contributed by atoms with van der Waals surface area (Å²) in [7, 11) is 0. The highest BCUT2D eigenvalue weighted by Crippen LogP contribution is 2.17. The lowest BCUT2D eigenvalue weighted by Gasteiger charge is -2.26. The second kappa shape index (κ2) is 8.78. The molecule has 26 heavy (non-hydrogen) atoms. The van der Waals surface area contributed by atoms with Crippen LogP contribution in [0.2, 0.25) is 0 Å². The van der Waals surface area contributed by atoms with Crippen LogP contribution in [0.25, 0.3) is 0 Å². The number of thiocarbonyl (C=S) groups is 1. The lowest BCUT2D eigenvalue weighted by atomic mass is 10.1. The van der Waals surface area contributed by atoms with Gasteiger partial charge in [0.05, 0.1) is 13.2 Å². The lowest BCUT2D eigenvalue weighted by molar-refractivity contribution is 0.0303. The van der Waals surface area contributed by atoms with Gasteiger partial charge in [0.25, 0.3) is 5.91 Å². The first-order valence-corrected chi connectivity index (χ1v) is 9.21. The van der Waals surface area contributed by atoms with Gasteiger partial charge < -0.3 is 20.3 Å². The van der Waals surface area contributed by atoms with Crippen molar-refractivity contribution in [2.75, 3.05) is 36.9 Å². The summed E-state index contributed by atoms with van der Waals surface area (Å²) < 4.78 is 5.29. The summed E-state index contributed by atoms with van der Waals surface area (Å²) in [5.41, 5.74) is 3.73. The molecular weight excluding hydrogens is 346 g/mol. The van der Waals surface area contributed by atoms with E-state index in [0.29, 0.717) is 37.0 Å². The number of carbonyl (C=O) groups excluding carboxylic acids is 1. The average molecular weight is 369 g/mol. The Bertz CT molecular complexity index is 771. The number of aryl methyl sites for hydroxylation is 1. The molecule has 1 heterocycles. The molecule has 0 aliphatic carbocycles. The number of nitrogens with one attached hydrogen (secondary N) is 2. The smallest absolute Gasteiger partial charge is 0.254 e. The second-order valence-electron chi connectivity index (χ2n) is 6.07.